The van der Waals surface area contributed by atoms with Crippen molar-refractivity contribution in [1.82, 2.24) is 0 Å². The molecule has 0 aromatic rings. The average Bonchev–Trinajstić information content (AvgIpc) is 2.65. The number of carbonyl (C=O) groups is 1. The van der Waals surface area contributed by atoms with Gasteiger partial charge in [-0.2, -0.15) is 0 Å². The van der Waals surface area contributed by atoms with Crippen molar-refractivity contribution in [2.45, 2.75) is 91.3 Å². The van der Waals surface area contributed by atoms with Crippen LogP contribution in [0.3, 0.4) is 0 Å². The standard InChI is InChI=1S/C23H44O6/c1-18(2)8-5-9-19(3)10-6-11-20(4)12-7-13-23(27)29-17-22(26)16-28-15-21(25)14-24/h12,18-19,21-22,24-26H,5-11,13-17H2,1-4H3. The van der Waals surface area contributed by atoms with Gasteiger partial charge in [0, 0.05) is 6.42 Å². The maximum Gasteiger partial charge on any atom is 0.306 e. The van der Waals surface area contributed by atoms with E-state index in [0.717, 1.165) is 18.3 Å². The highest BCUT2D eigenvalue weighted by molar-refractivity contribution is 5.69. The molecule has 0 aliphatic heterocycles. The number of hydrogen-bond acceptors (Lipinski definition) is 6. The third-order valence-electron chi connectivity index (χ3n) is 4.86. The van der Waals surface area contributed by atoms with E-state index in [1.54, 1.807) is 0 Å². The van der Waals surface area contributed by atoms with Crippen LogP contribution in [0.2, 0.25) is 0 Å². The molecule has 0 aromatic carbocycles. The molecule has 0 radical (unpaired) electrons. The maximum atomic E-state index is 11.7. The summed E-state index contributed by atoms with van der Waals surface area (Å²) in [5, 5.41) is 27.4. The minimum absolute atomic E-state index is 0.0563. The van der Waals surface area contributed by atoms with Crippen LogP contribution in [0, 0.1) is 11.8 Å². The van der Waals surface area contributed by atoms with Gasteiger partial charge < -0.3 is 24.8 Å². The predicted octanol–water partition coefficient (Wildman–Crippen LogP) is 3.62. The third kappa shape index (κ3) is 18.8. The zero-order chi connectivity index (χ0) is 22.1. The SMILES string of the molecule is CC(=CCCC(=O)OCC(O)COCC(O)CO)CCCC(C)CCCC(C)C. The van der Waals surface area contributed by atoms with Gasteiger partial charge in [-0.15, -0.1) is 0 Å². The van der Waals surface area contributed by atoms with Crippen LogP contribution >= 0.6 is 0 Å². The highest BCUT2D eigenvalue weighted by Gasteiger charge is 2.10. The van der Waals surface area contributed by atoms with Crippen LogP contribution < -0.4 is 0 Å². The summed E-state index contributed by atoms with van der Waals surface area (Å²) < 4.78 is 10.0. The summed E-state index contributed by atoms with van der Waals surface area (Å²) >= 11 is 0. The van der Waals surface area contributed by atoms with Crippen molar-refractivity contribution < 1.29 is 29.6 Å². The molecule has 0 aliphatic carbocycles. The second-order valence-corrected chi connectivity index (χ2v) is 8.62. The Bertz CT molecular complexity index is 435. The van der Waals surface area contributed by atoms with Crippen LogP contribution in [0.4, 0.5) is 0 Å². The van der Waals surface area contributed by atoms with Crippen LogP contribution in [-0.2, 0) is 14.3 Å². The number of allylic oxidation sites excluding steroid dienone is 2. The van der Waals surface area contributed by atoms with Crippen molar-refractivity contribution >= 4 is 5.97 Å². The molecule has 0 aliphatic rings. The lowest BCUT2D eigenvalue weighted by Crippen LogP contribution is -2.27. The first kappa shape index (κ1) is 28.1. The molecule has 172 valence electrons. The van der Waals surface area contributed by atoms with Gasteiger partial charge in [0.25, 0.3) is 0 Å². The molecule has 29 heavy (non-hydrogen) atoms. The molecule has 3 N–H and O–H groups in total. The Morgan fingerprint density at radius 2 is 1.59 bits per heavy atom. The zero-order valence-corrected chi connectivity index (χ0v) is 18.9. The number of aliphatic hydroxyl groups is 3. The minimum Gasteiger partial charge on any atom is -0.463 e. The summed E-state index contributed by atoms with van der Waals surface area (Å²) in [5.74, 6) is 1.22. The van der Waals surface area contributed by atoms with Crippen molar-refractivity contribution in [1.29, 1.82) is 0 Å². The molecule has 0 spiro atoms. The minimum atomic E-state index is -0.965. The lowest BCUT2D eigenvalue weighted by molar-refractivity contribution is -0.148. The first-order valence-electron chi connectivity index (χ1n) is 11.1. The topological polar surface area (TPSA) is 96.2 Å². The van der Waals surface area contributed by atoms with E-state index in [2.05, 4.69) is 33.8 Å². The number of ether oxygens (including phenoxy) is 2. The van der Waals surface area contributed by atoms with Crippen LogP contribution in [0.5, 0.6) is 0 Å². The second kappa shape index (κ2) is 17.9. The molecule has 0 bridgehead atoms. The molecule has 0 fully saturated rings. The molecular weight excluding hydrogens is 372 g/mol. The molecule has 0 aromatic heterocycles. The number of carbonyl (C=O) groups excluding carboxylic acids is 1. The zero-order valence-electron chi connectivity index (χ0n) is 18.9. The van der Waals surface area contributed by atoms with E-state index in [1.165, 1.54) is 37.7 Å². The van der Waals surface area contributed by atoms with Crippen molar-refractivity contribution in [2.24, 2.45) is 11.8 Å². The molecular formula is C23H44O6. The molecule has 0 saturated heterocycles. The Labute approximate surface area is 177 Å². The fourth-order valence-corrected chi connectivity index (χ4v) is 2.99. The molecule has 6 heteroatoms. The van der Waals surface area contributed by atoms with Gasteiger partial charge in [0.2, 0.25) is 0 Å². The summed E-state index contributed by atoms with van der Waals surface area (Å²) in [6, 6.07) is 0. The molecule has 0 amide bonds. The maximum absolute atomic E-state index is 11.7. The van der Waals surface area contributed by atoms with Crippen molar-refractivity contribution in [3.8, 4) is 0 Å². The van der Waals surface area contributed by atoms with Crippen LogP contribution in [0.25, 0.3) is 0 Å². The summed E-state index contributed by atoms with van der Waals surface area (Å²) in [5.41, 5.74) is 1.31. The van der Waals surface area contributed by atoms with E-state index < -0.39 is 18.8 Å². The molecule has 6 nitrogen and oxygen atoms in total. The largest absolute Gasteiger partial charge is 0.463 e. The first-order valence-corrected chi connectivity index (χ1v) is 11.1. The Hall–Kier alpha value is -0.950. The molecule has 0 heterocycles. The average molecular weight is 417 g/mol. The first-order chi connectivity index (χ1) is 13.7. The van der Waals surface area contributed by atoms with E-state index in [9.17, 15) is 9.90 Å². The van der Waals surface area contributed by atoms with Gasteiger partial charge in [-0.05, 0) is 38.0 Å². The van der Waals surface area contributed by atoms with E-state index >= 15 is 0 Å². The molecule has 3 unspecified atom stereocenters. The summed E-state index contributed by atoms with van der Waals surface area (Å²) in [4.78, 5) is 11.7. The monoisotopic (exact) mass is 416 g/mol. The van der Waals surface area contributed by atoms with Crippen LogP contribution in [0.1, 0.15) is 79.1 Å². The quantitative estimate of drug-likeness (QED) is 0.233. The molecule has 3 atom stereocenters. The summed E-state index contributed by atoms with van der Waals surface area (Å²) in [7, 11) is 0. The fourth-order valence-electron chi connectivity index (χ4n) is 2.99. The molecule has 0 rings (SSSR count). The lowest BCUT2D eigenvalue weighted by atomic mass is 9.94. The predicted molar refractivity (Wildman–Crippen MR) is 116 cm³/mol. The second-order valence-electron chi connectivity index (χ2n) is 8.62. The summed E-state index contributed by atoms with van der Waals surface area (Å²) in [6.07, 6.45) is 8.58. The summed E-state index contributed by atoms with van der Waals surface area (Å²) in [6.45, 7) is 8.35. The number of hydrogen-bond donors (Lipinski definition) is 3. The molecule has 0 saturated carbocycles. The number of rotatable bonds is 18. The highest BCUT2D eigenvalue weighted by atomic mass is 16.5. The fraction of sp³-hybridized carbons (Fsp3) is 0.870. The van der Waals surface area contributed by atoms with Crippen molar-refractivity contribution in [3.63, 3.8) is 0 Å². The Kier molecular flexibility index (Phi) is 17.3. The van der Waals surface area contributed by atoms with Gasteiger partial charge in [-0.25, -0.2) is 0 Å². The van der Waals surface area contributed by atoms with Gasteiger partial charge >= 0.3 is 5.97 Å². The van der Waals surface area contributed by atoms with Crippen LogP contribution in [0.15, 0.2) is 11.6 Å². The van der Waals surface area contributed by atoms with E-state index in [4.69, 9.17) is 19.7 Å². The van der Waals surface area contributed by atoms with Crippen molar-refractivity contribution in [3.05, 3.63) is 11.6 Å². The van der Waals surface area contributed by atoms with Crippen molar-refractivity contribution in [2.75, 3.05) is 26.4 Å². The van der Waals surface area contributed by atoms with Gasteiger partial charge in [0.1, 0.15) is 18.8 Å². The Balaban J connectivity index is 3.75. The van der Waals surface area contributed by atoms with E-state index in [0.29, 0.717) is 12.8 Å². The highest BCUT2D eigenvalue weighted by Crippen LogP contribution is 2.19. The van der Waals surface area contributed by atoms with Gasteiger partial charge in [-0.3, -0.25) is 4.79 Å². The Morgan fingerprint density at radius 3 is 2.24 bits per heavy atom. The normalized spacial score (nSPS) is 15.4. The van der Waals surface area contributed by atoms with Gasteiger partial charge in [-0.1, -0.05) is 58.1 Å². The Morgan fingerprint density at radius 1 is 0.931 bits per heavy atom. The number of aliphatic hydroxyl groups excluding tert-OH is 3. The lowest BCUT2D eigenvalue weighted by Gasteiger charge is -2.13. The van der Waals surface area contributed by atoms with E-state index in [-0.39, 0.29) is 25.8 Å². The van der Waals surface area contributed by atoms with Gasteiger partial charge in [0.05, 0.1) is 19.8 Å². The van der Waals surface area contributed by atoms with Gasteiger partial charge in [0.15, 0.2) is 0 Å². The smallest absolute Gasteiger partial charge is 0.306 e. The van der Waals surface area contributed by atoms with Crippen LogP contribution in [-0.4, -0.2) is 59.9 Å². The van der Waals surface area contributed by atoms with E-state index in [1.807, 2.05) is 0 Å². The number of esters is 1. The third-order valence-corrected chi connectivity index (χ3v) is 4.86.